The van der Waals surface area contributed by atoms with Gasteiger partial charge in [0.1, 0.15) is 0 Å². The van der Waals surface area contributed by atoms with Crippen molar-refractivity contribution in [1.29, 1.82) is 0 Å². The van der Waals surface area contributed by atoms with E-state index in [-0.39, 0.29) is 11.9 Å². The lowest BCUT2D eigenvalue weighted by atomic mass is 10.2. The second kappa shape index (κ2) is 6.33. The number of benzene rings is 1. The quantitative estimate of drug-likeness (QED) is 0.257. The predicted molar refractivity (Wildman–Crippen MR) is 75.3 cm³/mol. The Morgan fingerprint density at radius 3 is 2.71 bits per heavy atom. The predicted octanol–water partition coefficient (Wildman–Crippen LogP) is 3.69. The molecule has 0 aliphatic carbocycles. The van der Waals surface area contributed by atoms with Gasteiger partial charge in [0.2, 0.25) is 0 Å². The van der Waals surface area contributed by atoms with Crippen LogP contribution in [-0.4, -0.2) is 17.1 Å². The minimum atomic E-state index is -0.297. The highest BCUT2D eigenvalue weighted by molar-refractivity contribution is 9.10. The Balaban J connectivity index is 2.99. The zero-order chi connectivity index (χ0) is 13.0. The number of oxime groups is 1. The maximum absolute atomic E-state index is 8.64. The van der Waals surface area contributed by atoms with Crippen molar-refractivity contribution in [2.75, 3.05) is 5.32 Å². The highest BCUT2D eigenvalue weighted by Crippen LogP contribution is 2.36. The number of hydrogen-bond donors (Lipinski definition) is 3. The van der Waals surface area contributed by atoms with Crippen LogP contribution in [0.15, 0.2) is 21.8 Å². The first-order valence-corrected chi connectivity index (χ1v) is 6.43. The van der Waals surface area contributed by atoms with Crippen LogP contribution in [-0.2, 0) is 0 Å². The van der Waals surface area contributed by atoms with E-state index in [9.17, 15) is 0 Å². The van der Waals surface area contributed by atoms with E-state index in [1.165, 1.54) is 0 Å². The van der Waals surface area contributed by atoms with Crippen molar-refractivity contribution in [3.63, 3.8) is 0 Å². The third-order valence-corrected chi connectivity index (χ3v) is 4.02. The summed E-state index contributed by atoms with van der Waals surface area (Å²) >= 11 is 15.3. The van der Waals surface area contributed by atoms with Crippen LogP contribution < -0.4 is 11.1 Å². The summed E-state index contributed by atoms with van der Waals surface area (Å²) in [5.41, 5.74) is 6.18. The molecule has 0 radical (unpaired) electrons. The third-order valence-electron chi connectivity index (χ3n) is 2.25. The van der Waals surface area contributed by atoms with Gasteiger partial charge >= 0.3 is 0 Å². The summed E-state index contributed by atoms with van der Waals surface area (Å²) in [5, 5.41) is 15.5. The molecule has 17 heavy (non-hydrogen) atoms. The Bertz CT molecular complexity index is 440. The first-order chi connectivity index (χ1) is 8.01. The smallest absolute Gasteiger partial charge is 0.161 e. The zero-order valence-electron chi connectivity index (χ0n) is 9.04. The van der Waals surface area contributed by atoms with Crippen LogP contribution in [0.1, 0.15) is 13.3 Å². The van der Waals surface area contributed by atoms with E-state index >= 15 is 0 Å². The number of halogens is 3. The largest absolute Gasteiger partial charge is 0.409 e. The Kier molecular flexibility index (Phi) is 5.36. The minimum Gasteiger partial charge on any atom is -0.409 e. The molecule has 4 nitrogen and oxygen atoms in total. The first kappa shape index (κ1) is 14.4. The summed E-state index contributed by atoms with van der Waals surface area (Å²) in [5.74, 6) is 0.0996. The number of hydrogen-bond acceptors (Lipinski definition) is 3. The molecule has 4 N–H and O–H groups in total. The van der Waals surface area contributed by atoms with E-state index in [0.29, 0.717) is 26.6 Å². The van der Waals surface area contributed by atoms with Gasteiger partial charge in [-0.25, -0.2) is 0 Å². The number of nitrogens with zero attached hydrogens (tertiary/aromatic N) is 1. The molecule has 0 saturated carbocycles. The second-order valence-corrected chi connectivity index (χ2v) is 4.96. The van der Waals surface area contributed by atoms with Gasteiger partial charge in [0.15, 0.2) is 5.84 Å². The number of nitrogens with one attached hydrogen (secondary N) is 1. The molecule has 0 bridgehead atoms. The van der Waals surface area contributed by atoms with Gasteiger partial charge in [0.25, 0.3) is 0 Å². The van der Waals surface area contributed by atoms with Crippen LogP contribution in [0.3, 0.4) is 0 Å². The third kappa shape index (κ3) is 3.40. The summed E-state index contributed by atoms with van der Waals surface area (Å²) < 4.78 is 0.714. The van der Waals surface area contributed by atoms with Crippen LogP contribution in [0.4, 0.5) is 5.69 Å². The molecular formula is C10H12BrCl2N3O. The molecule has 0 fully saturated rings. The molecule has 0 spiro atoms. The average Bonchev–Trinajstić information content (AvgIpc) is 2.34. The van der Waals surface area contributed by atoms with Crippen molar-refractivity contribution in [3.05, 3.63) is 26.7 Å². The average molecular weight is 341 g/mol. The number of amidine groups is 1. The fraction of sp³-hybridized carbons (Fsp3) is 0.300. The summed E-state index contributed by atoms with van der Waals surface area (Å²) in [6, 6.07) is 3.25. The van der Waals surface area contributed by atoms with Crippen LogP contribution in [0.2, 0.25) is 10.0 Å². The van der Waals surface area contributed by atoms with Crippen molar-refractivity contribution in [1.82, 2.24) is 0 Å². The number of anilines is 1. The standard InChI is InChI=1S/C10H12BrCl2N3O/c1-2-6(10(14)16-17)15-7-4-3-5(11)8(12)9(7)13/h3-4,6,15,17H,2H2,1H3,(H2,14,16). The van der Waals surface area contributed by atoms with E-state index in [1.54, 1.807) is 12.1 Å². The topological polar surface area (TPSA) is 70.6 Å². The van der Waals surface area contributed by atoms with Gasteiger partial charge in [-0.1, -0.05) is 35.3 Å². The second-order valence-electron chi connectivity index (χ2n) is 3.35. The van der Waals surface area contributed by atoms with Crippen LogP contribution >= 0.6 is 39.1 Å². The molecule has 0 heterocycles. The van der Waals surface area contributed by atoms with Crippen molar-refractivity contribution >= 4 is 50.7 Å². The van der Waals surface area contributed by atoms with E-state index < -0.39 is 0 Å². The van der Waals surface area contributed by atoms with Gasteiger partial charge in [0, 0.05) is 4.47 Å². The number of nitrogens with two attached hydrogens (primary N) is 1. The Morgan fingerprint density at radius 2 is 2.18 bits per heavy atom. The zero-order valence-corrected chi connectivity index (χ0v) is 12.1. The SMILES string of the molecule is CCC(Nc1ccc(Br)c(Cl)c1Cl)/C(N)=N/O. The summed E-state index contributed by atoms with van der Waals surface area (Å²) in [6.45, 7) is 1.91. The van der Waals surface area contributed by atoms with Gasteiger partial charge in [-0.3, -0.25) is 0 Å². The highest BCUT2D eigenvalue weighted by Gasteiger charge is 2.15. The van der Waals surface area contributed by atoms with Crippen molar-refractivity contribution < 1.29 is 5.21 Å². The molecule has 0 amide bonds. The Morgan fingerprint density at radius 1 is 1.53 bits per heavy atom. The molecule has 1 aromatic carbocycles. The fourth-order valence-electron chi connectivity index (χ4n) is 1.28. The van der Waals surface area contributed by atoms with E-state index in [0.717, 1.165) is 0 Å². The van der Waals surface area contributed by atoms with Crippen LogP contribution in [0.25, 0.3) is 0 Å². The Labute approximate surface area is 118 Å². The van der Waals surface area contributed by atoms with Crippen molar-refractivity contribution in [2.45, 2.75) is 19.4 Å². The first-order valence-electron chi connectivity index (χ1n) is 4.88. The van der Waals surface area contributed by atoms with Gasteiger partial charge in [-0.2, -0.15) is 0 Å². The van der Waals surface area contributed by atoms with Gasteiger partial charge in [-0.15, -0.1) is 0 Å². The maximum atomic E-state index is 8.64. The van der Waals surface area contributed by atoms with Crippen molar-refractivity contribution in [3.8, 4) is 0 Å². The molecule has 7 heteroatoms. The van der Waals surface area contributed by atoms with Gasteiger partial charge in [-0.05, 0) is 34.5 Å². The van der Waals surface area contributed by atoms with E-state index in [4.69, 9.17) is 34.1 Å². The molecular weight excluding hydrogens is 329 g/mol. The molecule has 94 valence electrons. The van der Waals surface area contributed by atoms with Gasteiger partial charge in [0.05, 0.1) is 21.8 Å². The van der Waals surface area contributed by atoms with Crippen molar-refractivity contribution in [2.24, 2.45) is 10.9 Å². The molecule has 1 rings (SSSR count). The highest BCUT2D eigenvalue weighted by atomic mass is 79.9. The molecule has 1 aromatic rings. The van der Waals surface area contributed by atoms with E-state index in [1.807, 2.05) is 6.92 Å². The fourth-order valence-corrected chi connectivity index (χ4v) is 2.11. The lowest BCUT2D eigenvalue weighted by molar-refractivity contribution is 0.316. The summed E-state index contributed by atoms with van der Waals surface area (Å²) in [7, 11) is 0. The molecule has 1 atom stereocenters. The molecule has 0 aromatic heterocycles. The molecule has 0 aliphatic rings. The lowest BCUT2D eigenvalue weighted by Gasteiger charge is -2.18. The normalized spacial score (nSPS) is 13.5. The van der Waals surface area contributed by atoms with Crippen LogP contribution in [0, 0.1) is 0 Å². The number of rotatable bonds is 4. The molecule has 0 saturated heterocycles. The monoisotopic (exact) mass is 339 g/mol. The Hall–Kier alpha value is -0.650. The van der Waals surface area contributed by atoms with Gasteiger partial charge < -0.3 is 16.3 Å². The molecule has 0 aliphatic heterocycles. The molecule has 1 unspecified atom stereocenters. The summed E-state index contributed by atoms with van der Waals surface area (Å²) in [4.78, 5) is 0. The summed E-state index contributed by atoms with van der Waals surface area (Å²) in [6.07, 6.45) is 0.653. The van der Waals surface area contributed by atoms with Crippen LogP contribution in [0.5, 0.6) is 0 Å². The lowest BCUT2D eigenvalue weighted by Crippen LogP contribution is -2.35. The minimum absolute atomic E-state index is 0.0996. The van der Waals surface area contributed by atoms with E-state index in [2.05, 4.69) is 26.4 Å². The maximum Gasteiger partial charge on any atom is 0.161 e.